The fraction of sp³-hybridized carbons (Fsp3) is 0.444. The first-order valence-corrected chi connectivity index (χ1v) is 9.09. The second-order valence-electron chi connectivity index (χ2n) is 5.98. The molecule has 0 saturated heterocycles. The Bertz CT molecular complexity index is 621. The van der Waals surface area contributed by atoms with Gasteiger partial charge in [-0.05, 0) is 24.5 Å². The topological polar surface area (TPSA) is 51.2 Å². The molecule has 0 aliphatic heterocycles. The molecule has 1 heterocycles. The van der Waals surface area contributed by atoms with Crippen molar-refractivity contribution in [3.63, 3.8) is 0 Å². The van der Waals surface area contributed by atoms with Gasteiger partial charge in [0.05, 0.1) is 5.69 Å². The van der Waals surface area contributed by atoms with Gasteiger partial charge in [0, 0.05) is 17.5 Å². The van der Waals surface area contributed by atoms with Gasteiger partial charge in [0.25, 0.3) is 0 Å². The lowest BCUT2D eigenvalue weighted by Gasteiger charge is -2.07. The largest absolute Gasteiger partial charge is 0.459 e. The highest BCUT2D eigenvalue weighted by Gasteiger charge is 2.16. The van der Waals surface area contributed by atoms with Crippen LogP contribution in [0.25, 0.3) is 0 Å². The number of para-hydroxylation sites is 1. The number of nitrogens with zero attached hydrogens (tertiary/aromatic N) is 1. The lowest BCUT2D eigenvalue weighted by molar-refractivity contribution is -0.145. The van der Waals surface area contributed by atoms with Crippen LogP contribution in [0.3, 0.4) is 0 Å². The number of esters is 1. The van der Waals surface area contributed by atoms with E-state index in [4.69, 9.17) is 4.74 Å². The van der Waals surface area contributed by atoms with Crippen LogP contribution in [0, 0.1) is 5.92 Å². The van der Waals surface area contributed by atoms with Crippen molar-refractivity contribution in [3.8, 4) is 0 Å². The van der Waals surface area contributed by atoms with Crippen molar-refractivity contribution in [1.29, 1.82) is 0 Å². The third kappa shape index (κ3) is 5.06. The number of carbonyl (C=O) groups excluding carboxylic acids is 1. The van der Waals surface area contributed by atoms with Gasteiger partial charge >= 0.3 is 5.97 Å². The first-order chi connectivity index (χ1) is 11.3. The van der Waals surface area contributed by atoms with Gasteiger partial charge < -0.3 is 10.1 Å². The number of rotatable bonds is 7. The molecule has 1 saturated carbocycles. The Hall–Kier alpha value is -1.88. The molecule has 3 rings (SSSR count). The molecule has 0 radical (unpaired) electrons. The van der Waals surface area contributed by atoms with Crippen LogP contribution in [0.15, 0.2) is 35.7 Å². The summed E-state index contributed by atoms with van der Waals surface area (Å²) in [4.78, 5) is 16.3. The molecule has 0 bridgehead atoms. The Morgan fingerprint density at radius 1 is 1.26 bits per heavy atom. The molecule has 0 spiro atoms. The lowest BCUT2D eigenvalue weighted by Crippen LogP contribution is -2.07. The fourth-order valence-electron chi connectivity index (χ4n) is 2.92. The molecule has 1 aliphatic carbocycles. The molecule has 4 nitrogen and oxygen atoms in total. The summed E-state index contributed by atoms with van der Waals surface area (Å²) in [5.41, 5.74) is 1.80. The number of carbonyl (C=O) groups is 1. The predicted molar refractivity (Wildman–Crippen MR) is 92.8 cm³/mol. The first kappa shape index (κ1) is 16.0. The van der Waals surface area contributed by atoms with Crippen molar-refractivity contribution in [2.24, 2.45) is 5.92 Å². The normalized spacial score (nSPS) is 14.8. The number of benzene rings is 1. The SMILES string of the molecule is O=C(CCC1CCCC1)OCc1csc(Nc2ccccc2)n1. The second kappa shape index (κ2) is 8.11. The van der Waals surface area contributed by atoms with Gasteiger partial charge in [0.2, 0.25) is 0 Å². The zero-order chi connectivity index (χ0) is 15.9. The molecule has 5 heteroatoms. The Kier molecular flexibility index (Phi) is 5.64. The van der Waals surface area contributed by atoms with Crippen LogP contribution in [-0.4, -0.2) is 11.0 Å². The zero-order valence-corrected chi connectivity index (χ0v) is 14.0. The van der Waals surface area contributed by atoms with E-state index in [1.165, 1.54) is 37.0 Å². The van der Waals surface area contributed by atoms with Crippen LogP contribution in [0.4, 0.5) is 10.8 Å². The molecular weight excluding hydrogens is 308 g/mol. The molecule has 1 fully saturated rings. The Morgan fingerprint density at radius 3 is 2.83 bits per heavy atom. The van der Waals surface area contributed by atoms with E-state index in [1.807, 2.05) is 35.7 Å². The molecule has 122 valence electrons. The fourth-order valence-corrected chi connectivity index (χ4v) is 3.64. The molecule has 0 unspecified atom stereocenters. The van der Waals surface area contributed by atoms with Crippen molar-refractivity contribution in [3.05, 3.63) is 41.4 Å². The Labute approximate surface area is 140 Å². The summed E-state index contributed by atoms with van der Waals surface area (Å²) in [5.74, 6) is 0.617. The van der Waals surface area contributed by atoms with Gasteiger partial charge in [0.15, 0.2) is 5.13 Å². The summed E-state index contributed by atoms with van der Waals surface area (Å²) in [7, 11) is 0. The smallest absolute Gasteiger partial charge is 0.306 e. The molecule has 0 amide bonds. The number of anilines is 2. The standard InChI is InChI=1S/C18H22N2O2S/c21-17(11-10-14-6-4-5-7-14)22-12-16-13-23-18(20-16)19-15-8-2-1-3-9-15/h1-3,8-9,13-14H,4-7,10-12H2,(H,19,20). The minimum atomic E-state index is -0.109. The molecule has 0 atom stereocenters. The minimum absolute atomic E-state index is 0.109. The van der Waals surface area contributed by atoms with Crippen LogP contribution >= 0.6 is 11.3 Å². The molecule has 1 aromatic heterocycles. The number of aromatic nitrogens is 1. The number of hydrogen-bond donors (Lipinski definition) is 1. The summed E-state index contributed by atoms with van der Waals surface area (Å²) in [6.07, 6.45) is 6.67. The molecule has 23 heavy (non-hydrogen) atoms. The maximum Gasteiger partial charge on any atom is 0.306 e. The van der Waals surface area contributed by atoms with Crippen molar-refractivity contribution in [1.82, 2.24) is 4.98 Å². The quantitative estimate of drug-likeness (QED) is 0.734. The highest BCUT2D eigenvalue weighted by Crippen LogP contribution is 2.28. The summed E-state index contributed by atoms with van der Waals surface area (Å²) in [6.45, 7) is 0.260. The van der Waals surface area contributed by atoms with Crippen LogP contribution in [-0.2, 0) is 16.1 Å². The van der Waals surface area contributed by atoms with E-state index in [1.54, 1.807) is 0 Å². The van der Waals surface area contributed by atoms with E-state index in [2.05, 4.69) is 10.3 Å². The Morgan fingerprint density at radius 2 is 2.04 bits per heavy atom. The molecular formula is C18H22N2O2S. The summed E-state index contributed by atoms with van der Waals surface area (Å²) in [6, 6.07) is 9.91. The summed E-state index contributed by atoms with van der Waals surface area (Å²) >= 11 is 1.52. The molecule has 1 aliphatic rings. The van der Waals surface area contributed by atoms with Crippen molar-refractivity contribution in [2.45, 2.75) is 45.1 Å². The third-order valence-corrected chi connectivity index (χ3v) is 5.00. The maximum absolute atomic E-state index is 11.8. The maximum atomic E-state index is 11.8. The average Bonchev–Trinajstić information content (AvgIpc) is 3.24. The molecule has 1 aromatic carbocycles. The van der Waals surface area contributed by atoms with E-state index in [0.717, 1.165) is 28.9 Å². The van der Waals surface area contributed by atoms with E-state index < -0.39 is 0 Å². The monoisotopic (exact) mass is 330 g/mol. The molecule has 2 aromatic rings. The van der Waals surface area contributed by atoms with Crippen molar-refractivity contribution in [2.75, 3.05) is 5.32 Å². The highest BCUT2D eigenvalue weighted by atomic mass is 32.1. The zero-order valence-electron chi connectivity index (χ0n) is 13.2. The van der Waals surface area contributed by atoms with Gasteiger partial charge in [-0.25, -0.2) is 4.98 Å². The number of nitrogens with one attached hydrogen (secondary N) is 1. The van der Waals surface area contributed by atoms with Gasteiger partial charge in [-0.3, -0.25) is 4.79 Å². The number of hydrogen-bond acceptors (Lipinski definition) is 5. The van der Waals surface area contributed by atoms with Crippen molar-refractivity contribution < 1.29 is 9.53 Å². The van der Waals surface area contributed by atoms with Gasteiger partial charge in [-0.1, -0.05) is 43.9 Å². The van der Waals surface area contributed by atoms with Crippen LogP contribution in [0.5, 0.6) is 0 Å². The van der Waals surface area contributed by atoms with Crippen LogP contribution < -0.4 is 5.32 Å². The van der Waals surface area contributed by atoms with E-state index in [9.17, 15) is 4.79 Å². The highest BCUT2D eigenvalue weighted by molar-refractivity contribution is 7.13. The van der Waals surface area contributed by atoms with Crippen LogP contribution in [0.1, 0.15) is 44.2 Å². The summed E-state index contributed by atoms with van der Waals surface area (Å²) in [5, 5.41) is 5.98. The summed E-state index contributed by atoms with van der Waals surface area (Å²) < 4.78 is 5.33. The average molecular weight is 330 g/mol. The van der Waals surface area contributed by atoms with Crippen molar-refractivity contribution >= 4 is 28.1 Å². The lowest BCUT2D eigenvalue weighted by atomic mass is 10.0. The molecule has 1 N–H and O–H groups in total. The number of ether oxygens (including phenoxy) is 1. The Balaban J connectivity index is 1.41. The van der Waals surface area contributed by atoms with Gasteiger partial charge in [-0.2, -0.15) is 0 Å². The second-order valence-corrected chi connectivity index (χ2v) is 6.84. The van der Waals surface area contributed by atoms with Crippen LogP contribution in [0.2, 0.25) is 0 Å². The number of thiazole rings is 1. The minimum Gasteiger partial charge on any atom is -0.459 e. The third-order valence-electron chi connectivity index (χ3n) is 4.19. The first-order valence-electron chi connectivity index (χ1n) is 8.22. The van der Waals surface area contributed by atoms with Gasteiger partial charge in [-0.15, -0.1) is 11.3 Å². The van der Waals surface area contributed by atoms with E-state index in [-0.39, 0.29) is 12.6 Å². The van der Waals surface area contributed by atoms with Gasteiger partial charge in [0.1, 0.15) is 6.61 Å². The predicted octanol–water partition coefficient (Wildman–Crippen LogP) is 4.90. The van der Waals surface area contributed by atoms with E-state index >= 15 is 0 Å². The van der Waals surface area contributed by atoms with E-state index in [0.29, 0.717) is 6.42 Å².